The van der Waals surface area contributed by atoms with Crippen molar-refractivity contribution in [3.05, 3.63) is 28.5 Å². The molecule has 1 amide bonds. The molecule has 1 aromatic heterocycles. The highest BCUT2D eigenvalue weighted by molar-refractivity contribution is 9.10. The lowest BCUT2D eigenvalue weighted by Crippen LogP contribution is -2.33. The lowest BCUT2D eigenvalue weighted by molar-refractivity contribution is 0.0931. The Balaban J connectivity index is 1.86. The molecule has 1 heterocycles. The third-order valence-electron chi connectivity index (χ3n) is 3.77. The maximum Gasteiger partial charge on any atom is 0.269 e. The van der Waals surface area contributed by atoms with Crippen LogP contribution in [0.3, 0.4) is 0 Å². The first-order chi connectivity index (χ1) is 8.66. The summed E-state index contributed by atoms with van der Waals surface area (Å²) in [5, 5.41) is 3.00. The summed E-state index contributed by atoms with van der Waals surface area (Å²) in [5.41, 5.74) is 0.488. The SMILES string of the molecule is CC1CCCCC1CNC(=O)c1ccc(Br)cn1. The van der Waals surface area contributed by atoms with Gasteiger partial charge in [-0.25, -0.2) is 4.98 Å². The van der Waals surface area contributed by atoms with Crippen molar-refractivity contribution in [1.82, 2.24) is 10.3 Å². The minimum absolute atomic E-state index is 0.0692. The summed E-state index contributed by atoms with van der Waals surface area (Å²) < 4.78 is 0.889. The second-order valence-corrected chi connectivity index (χ2v) is 6.01. The molecule has 1 N–H and O–H groups in total. The number of hydrogen-bond donors (Lipinski definition) is 1. The Morgan fingerprint density at radius 3 is 2.89 bits per heavy atom. The lowest BCUT2D eigenvalue weighted by atomic mass is 9.80. The number of carbonyl (C=O) groups is 1. The van der Waals surface area contributed by atoms with Crippen molar-refractivity contribution in [3.63, 3.8) is 0 Å². The van der Waals surface area contributed by atoms with Crippen molar-refractivity contribution >= 4 is 21.8 Å². The number of nitrogens with zero attached hydrogens (tertiary/aromatic N) is 1. The van der Waals surface area contributed by atoms with Gasteiger partial charge in [0.05, 0.1) is 0 Å². The molecule has 1 aromatic rings. The highest BCUT2D eigenvalue weighted by Crippen LogP contribution is 2.28. The van der Waals surface area contributed by atoms with Crippen molar-refractivity contribution in [2.75, 3.05) is 6.54 Å². The van der Waals surface area contributed by atoms with Gasteiger partial charge in [-0.1, -0.05) is 26.2 Å². The number of halogens is 1. The van der Waals surface area contributed by atoms with Gasteiger partial charge < -0.3 is 5.32 Å². The normalized spacial score (nSPS) is 23.7. The highest BCUT2D eigenvalue weighted by Gasteiger charge is 2.21. The Morgan fingerprint density at radius 2 is 2.22 bits per heavy atom. The number of rotatable bonds is 3. The van der Waals surface area contributed by atoms with Crippen LogP contribution in [0.25, 0.3) is 0 Å². The first kappa shape index (κ1) is 13.5. The topological polar surface area (TPSA) is 42.0 Å². The molecule has 2 unspecified atom stereocenters. The molecule has 98 valence electrons. The van der Waals surface area contributed by atoms with E-state index in [1.54, 1.807) is 12.3 Å². The Morgan fingerprint density at radius 1 is 1.44 bits per heavy atom. The minimum Gasteiger partial charge on any atom is -0.350 e. The fraction of sp³-hybridized carbons (Fsp3) is 0.571. The van der Waals surface area contributed by atoms with Crippen LogP contribution in [0, 0.1) is 11.8 Å². The molecule has 0 aromatic carbocycles. The Kier molecular flexibility index (Phi) is 4.75. The first-order valence-electron chi connectivity index (χ1n) is 6.56. The lowest BCUT2D eigenvalue weighted by Gasteiger charge is -2.28. The number of carbonyl (C=O) groups excluding carboxylic acids is 1. The van der Waals surface area contributed by atoms with E-state index in [1.165, 1.54) is 25.7 Å². The summed E-state index contributed by atoms with van der Waals surface area (Å²) in [6.45, 7) is 3.06. The van der Waals surface area contributed by atoms with Crippen LogP contribution in [0.2, 0.25) is 0 Å². The molecular formula is C14H19BrN2O. The predicted octanol–water partition coefficient (Wildman–Crippen LogP) is 3.40. The molecule has 0 radical (unpaired) electrons. The summed E-state index contributed by atoms with van der Waals surface area (Å²) in [5.74, 6) is 1.27. The summed E-state index contributed by atoms with van der Waals surface area (Å²) in [6.07, 6.45) is 6.80. The van der Waals surface area contributed by atoms with Gasteiger partial charge in [0.15, 0.2) is 0 Å². The molecule has 0 aliphatic heterocycles. The Bertz CT molecular complexity index is 405. The second kappa shape index (κ2) is 6.32. The van der Waals surface area contributed by atoms with Gasteiger partial charge in [0.2, 0.25) is 0 Å². The van der Waals surface area contributed by atoms with E-state index in [2.05, 4.69) is 33.2 Å². The van der Waals surface area contributed by atoms with Crippen LogP contribution >= 0.6 is 15.9 Å². The van der Waals surface area contributed by atoms with Crippen molar-refractivity contribution in [3.8, 4) is 0 Å². The minimum atomic E-state index is -0.0692. The van der Waals surface area contributed by atoms with Crippen LogP contribution < -0.4 is 5.32 Å². The zero-order valence-electron chi connectivity index (χ0n) is 10.7. The summed E-state index contributed by atoms with van der Waals surface area (Å²) >= 11 is 3.31. The number of nitrogens with one attached hydrogen (secondary N) is 1. The smallest absolute Gasteiger partial charge is 0.269 e. The molecule has 1 fully saturated rings. The van der Waals surface area contributed by atoms with E-state index in [-0.39, 0.29) is 5.91 Å². The molecule has 0 spiro atoms. The van der Waals surface area contributed by atoms with E-state index in [4.69, 9.17) is 0 Å². The molecule has 3 nitrogen and oxygen atoms in total. The molecular weight excluding hydrogens is 292 g/mol. The maximum atomic E-state index is 11.9. The van der Waals surface area contributed by atoms with E-state index < -0.39 is 0 Å². The van der Waals surface area contributed by atoms with Crippen molar-refractivity contribution in [2.45, 2.75) is 32.6 Å². The zero-order valence-corrected chi connectivity index (χ0v) is 12.2. The van der Waals surface area contributed by atoms with Crippen molar-refractivity contribution in [2.24, 2.45) is 11.8 Å². The third kappa shape index (κ3) is 3.55. The monoisotopic (exact) mass is 310 g/mol. The van der Waals surface area contributed by atoms with Crippen molar-refractivity contribution < 1.29 is 4.79 Å². The largest absolute Gasteiger partial charge is 0.350 e. The fourth-order valence-electron chi connectivity index (χ4n) is 2.52. The average molecular weight is 311 g/mol. The molecule has 0 saturated heterocycles. The third-order valence-corrected chi connectivity index (χ3v) is 4.24. The molecule has 1 aliphatic carbocycles. The first-order valence-corrected chi connectivity index (χ1v) is 7.36. The van der Waals surface area contributed by atoms with Crippen LogP contribution in [0.4, 0.5) is 0 Å². The van der Waals surface area contributed by atoms with Crippen LogP contribution in [0.15, 0.2) is 22.8 Å². The van der Waals surface area contributed by atoms with Gasteiger partial charge in [0.25, 0.3) is 5.91 Å². The van der Waals surface area contributed by atoms with E-state index in [0.29, 0.717) is 11.6 Å². The van der Waals surface area contributed by atoms with Crippen LogP contribution in [-0.4, -0.2) is 17.4 Å². The summed E-state index contributed by atoms with van der Waals surface area (Å²) in [7, 11) is 0. The van der Waals surface area contributed by atoms with Crippen molar-refractivity contribution in [1.29, 1.82) is 0 Å². The van der Waals surface area contributed by atoms with E-state index in [9.17, 15) is 4.79 Å². The molecule has 18 heavy (non-hydrogen) atoms. The number of amides is 1. The molecule has 1 aliphatic rings. The van der Waals surface area contributed by atoms with Gasteiger partial charge in [0.1, 0.15) is 5.69 Å². The van der Waals surface area contributed by atoms with E-state index in [0.717, 1.165) is 16.9 Å². The van der Waals surface area contributed by atoms with Crippen LogP contribution in [0.1, 0.15) is 43.1 Å². The number of hydrogen-bond acceptors (Lipinski definition) is 2. The van der Waals surface area contributed by atoms with Crippen LogP contribution in [-0.2, 0) is 0 Å². The number of pyridine rings is 1. The molecule has 4 heteroatoms. The van der Waals surface area contributed by atoms with Gasteiger partial charge >= 0.3 is 0 Å². The zero-order chi connectivity index (χ0) is 13.0. The van der Waals surface area contributed by atoms with E-state index >= 15 is 0 Å². The van der Waals surface area contributed by atoms with E-state index in [1.807, 2.05) is 6.07 Å². The van der Waals surface area contributed by atoms with Gasteiger partial charge in [-0.05, 0) is 46.3 Å². The maximum absolute atomic E-state index is 11.9. The predicted molar refractivity (Wildman–Crippen MR) is 75.4 cm³/mol. The standard InChI is InChI=1S/C14H19BrN2O/c1-10-4-2-3-5-11(10)8-17-14(18)13-7-6-12(15)9-16-13/h6-7,9-11H,2-5,8H2,1H3,(H,17,18). The number of aromatic nitrogens is 1. The van der Waals surface area contributed by atoms with Gasteiger partial charge in [-0.15, -0.1) is 0 Å². The van der Waals surface area contributed by atoms with Gasteiger partial charge in [-0.3, -0.25) is 4.79 Å². The second-order valence-electron chi connectivity index (χ2n) is 5.09. The fourth-order valence-corrected chi connectivity index (χ4v) is 2.76. The highest BCUT2D eigenvalue weighted by atomic mass is 79.9. The summed E-state index contributed by atoms with van der Waals surface area (Å²) in [4.78, 5) is 16.0. The Hall–Kier alpha value is -0.900. The van der Waals surface area contributed by atoms with Gasteiger partial charge in [-0.2, -0.15) is 0 Å². The van der Waals surface area contributed by atoms with Gasteiger partial charge in [0, 0.05) is 17.2 Å². The molecule has 0 bridgehead atoms. The Labute approximate surface area is 117 Å². The molecule has 2 rings (SSSR count). The molecule has 2 atom stereocenters. The van der Waals surface area contributed by atoms with Crippen LogP contribution in [0.5, 0.6) is 0 Å². The molecule has 1 saturated carbocycles. The average Bonchev–Trinajstić information content (AvgIpc) is 2.38. The quantitative estimate of drug-likeness (QED) is 0.929. The summed E-state index contributed by atoms with van der Waals surface area (Å²) in [6, 6.07) is 3.58.